The number of carbonyl (C=O) groups excluding carboxylic acids is 1. The molecule has 0 saturated carbocycles. The van der Waals surface area contributed by atoms with Gasteiger partial charge in [0.1, 0.15) is 13.2 Å². The van der Waals surface area contributed by atoms with E-state index in [9.17, 15) is 4.79 Å². The third-order valence-corrected chi connectivity index (χ3v) is 1.57. The second kappa shape index (κ2) is 6.48. The van der Waals surface area contributed by atoms with E-state index in [-0.39, 0.29) is 6.61 Å². The van der Waals surface area contributed by atoms with Gasteiger partial charge in [-0.3, -0.25) is 5.32 Å². The SMILES string of the molecule is C=COCCOC(=O)Nc1ccccc1. The van der Waals surface area contributed by atoms with E-state index in [0.29, 0.717) is 12.3 Å². The van der Waals surface area contributed by atoms with Gasteiger partial charge in [-0.15, -0.1) is 0 Å². The summed E-state index contributed by atoms with van der Waals surface area (Å²) in [5, 5.41) is 2.58. The quantitative estimate of drug-likeness (QED) is 0.595. The molecule has 15 heavy (non-hydrogen) atoms. The molecule has 0 heterocycles. The summed E-state index contributed by atoms with van der Waals surface area (Å²) in [6.07, 6.45) is 0.812. The molecule has 0 spiro atoms. The predicted molar refractivity (Wildman–Crippen MR) is 57.6 cm³/mol. The van der Waals surface area contributed by atoms with Gasteiger partial charge < -0.3 is 9.47 Å². The molecule has 0 saturated heterocycles. The summed E-state index contributed by atoms with van der Waals surface area (Å²) in [6.45, 7) is 3.88. The van der Waals surface area contributed by atoms with Gasteiger partial charge in [-0.05, 0) is 12.1 Å². The number of nitrogens with one attached hydrogen (secondary N) is 1. The molecule has 0 aliphatic rings. The average molecular weight is 207 g/mol. The summed E-state index contributed by atoms with van der Waals surface area (Å²) in [5.41, 5.74) is 0.701. The Kier molecular flexibility index (Phi) is 4.80. The van der Waals surface area contributed by atoms with E-state index >= 15 is 0 Å². The molecule has 0 bridgehead atoms. The standard InChI is InChI=1S/C11H13NO3/c1-2-14-8-9-15-11(13)12-10-6-4-3-5-7-10/h2-7H,1,8-9H2,(H,12,13). The lowest BCUT2D eigenvalue weighted by Gasteiger charge is -2.06. The third kappa shape index (κ3) is 4.71. The van der Waals surface area contributed by atoms with Crippen molar-refractivity contribution in [1.82, 2.24) is 0 Å². The smallest absolute Gasteiger partial charge is 0.411 e. The van der Waals surface area contributed by atoms with Crippen molar-refractivity contribution in [2.75, 3.05) is 18.5 Å². The Morgan fingerprint density at radius 3 is 2.73 bits per heavy atom. The average Bonchev–Trinajstić information content (AvgIpc) is 2.26. The fourth-order valence-corrected chi connectivity index (χ4v) is 0.941. The first-order chi connectivity index (χ1) is 7.33. The normalized spacial score (nSPS) is 9.07. The number of benzene rings is 1. The van der Waals surface area contributed by atoms with Crippen molar-refractivity contribution in [2.24, 2.45) is 0 Å². The van der Waals surface area contributed by atoms with Crippen molar-refractivity contribution in [3.63, 3.8) is 0 Å². The van der Waals surface area contributed by atoms with Gasteiger partial charge in [0, 0.05) is 5.69 Å². The zero-order chi connectivity index (χ0) is 10.9. The maximum Gasteiger partial charge on any atom is 0.411 e. The van der Waals surface area contributed by atoms with E-state index in [1.54, 1.807) is 12.1 Å². The van der Waals surface area contributed by atoms with Crippen LogP contribution >= 0.6 is 0 Å². The highest BCUT2D eigenvalue weighted by atomic mass is 16.6. The number of ether oxygens (including phenoxy) is 2. The molecule has 1 aromatic carbocycles. The molecule has 4 nitrogen and oxygen atoms in total. The Hall–Kier alpha value is -1.97. The first kappa shape index (κ1) is 11.1. The lowest BCUT2D eigenvalue weighted by Crippen LogP contribution is -2.16. The summed E-state index contributed by atoms with van der Waals surface area (Å²) in [5.74, 6) is 0. The van der Waals surface area contributed by atoms with Crippen LogP contribution in [0.3, 0.4) is 0 Å². The fourth-order valence-electron chi connectivity index (χ4n) is 0.941. The van der Waals surface area contributed by atoms with Crippen molar-refractivity contribution in [1.29, 1.82) is 0 Å². The number of amides is 1. The van der Waals surface area contributed by atoms with Crippen LogP contribution in [0.1, 0.15) is 0 Å². The molecule has 1 rings (SSSR count). The summed E-state index contributed by atoms with van der Waals surface area (Å²) in [7, 11) is 0. The Labute approximate surface area is 88.5 Å². The third-order valence-electron chi connectivity index (χ3n) is 1.57. The minimum absolute atomic E-state index is 0.199. The van der Waals surface area contributed by atoms with Crippen LogP contribution in [0, 0.1) is 0 Å². The lowest BCUT2D eigenvalue weighted by atomic mass is 10.3. The number of para-hydroxylation sites is 1. The fraction of sp³-hybridized carbons (Fsp3) is 0.182. The molecule has 4 heteroatoms. The van der Waals surface area contributed by atoms with Crippen molar-refractivity contribution < 1.29 is 14.3 Å². The molecule has 0 aliphatic carbocycles. The number of carbonyl (C=O) groups is 1. The number of anilines is 1. The molecule has 0 atom stereocenters. The van der Waals surface area contributed by atoms with E-state index < -0.39 is 6.09 Å². The maximum absolute atomic E-state index is 11.2. The van der Waals surface area contributed by atoms with Gasteiger partial charge in [-0.25, -0.2) is 4.79 Å². The van der Waals surface area contributed by atoms with Crippen LogP contribution in [0.15, 0.2) is 43.2 Å². The molecular weight excluding hydrogens is 194 g/mol. The Bertz CT molecular complexity index is 311. The second-order valence-corrected chi connectivity index (χ2v) is 2.66. The summed E-state index contributed by atoms with van der Waals surface area (Å²) in [6, 6.07) is 9.09. The van der Waals surface area contributed by atoms with E-state index in [1.807, 2.05) is 18.2 Å². The monoisotopic (exact) mass is 207 g/mol. The van der Waals surface area contributed by atoms with Crippen molar-refractivity contribution in [3.05, 3.63) is 43.2 Å². The molecule has 0 aliphatic heterocycles. The Balaban J connectivity index is 2.22. The molecule has 0 aromatic heterocycles. The molecule has 1 amide bonds. The van der Waals surface area contributed by atoms with Crippen LogP contribution in [0.25, 0.3) is 0 Å². The molecule has 1 aromatic rings. The van der Waals surface area contributed by atoms with Gasteiger partial charge in [-0.1, -0.05) is 24.8 Å². The largest absolute Gasteiger partial charge is 0.498 e. The number of hydrogen-bond acceptors (Lipinski definition) is 3. The van der Waals surface area contributed by atoms with Crippen molar-refractivity contribution in [2.45, 2.75) is 0 Å². The molecule has 1 N–H and O–H groups in total. The predicted octanol–water partition coefficient (Wildman–Crippen LogP) is 2.40. The zero-order valence-corrected chi connectivity index (χ0v) is 8.31. The van der Waals surface area contributed by atoms with E-state index in [1.165, 1.54) is 6.26 Å². The molecule has 0 radical (unpaired) electrons. The van der Waals surface area contributed by atoms with E-state index in [0.717, 1.165) is 0 Å². The summed E-state index contributed by atoms with van der Waals surface area (Å²) < 4.78 is 9.62. The zero-order valence-electron chi connectivity index (χ0n) is 8.31. The Morgan fingerprint density at radius 1 is 1.33 bits per heavy atom. The lowest BCUT2D eigenvalue weighted by molar-refractivity contribution is 0.123. The van der Waals surface area contributed by atoms with Gasteiger partial charge >= 0.3 is 6.09 Å². The van der Waals surface area contributed by atoms with E-state index in [2.05, 4.69) is 11.9 Å². The summed E-state index contributed by atoms with van der Waals surface area (Å²) >= 11 is 0. The highest BCUT2D eigenvalue weighted by molar-refractivity contribution is 5.84. The second-order valence-electron chi connectivity index (χ2n) is 2.66. The van der Waals surface area contributed by atoms with Crippen LogP contribution in [-0.4, -0.2) is 19.3 Å². The molecule has 0 fully saturated rings. The van der Waals surface area contributed by atoms with E-state index in [4.69, 9.17) is 9.47 Å². The maximum atomic E-state index is 11.2. The first-order valence-corrected chi connectivity index (χ1v) is 4.54. The highest BCUT2D eigenvalue weighted by Crippen LogP contribution is 2.04. The molecular formula is C11H13NO3. The minimum Gasteiger partial charge on any atom is -0.498 e. The van der Waals surface area contributed by atoms with Gasteiger partial charge in [0.05, 0.1) is 6.26 Å². The number of hydrogen-bond donors (Lipinski definition) is 1. The van der Waals surface area contributed by atoms with Crippen LogP contribution in [-0.2, 0) is 9.47 Å². The topological polar surface area (TPSA) is 47.6 Å². The number of rotatable bonds is 5. The molecule has 80 valence electrons. The van der Waals surface area contributed by atoms with Crippen LogP contribution in [0.4, 0.5) is 10.5 Å². The first-order valence-electron chi connectivity index (χ1n) is 4.54. The van der Waals surface area contributed by atoms with Crippen LogP contribution in [0.5, 0.6) is 0 Å². The van der Waals surface area contributed by atoms with Gasteiger partial charge in [0.25, 0.3) is 0 Å². The van der Waals surface area contributed by atoms with Crippen LogP contribution in [0.2, 0.25) is 0 Å². The van der Waals surface area contributed by atoms with Gasteiger partial charge in [-0.2, -0.15) is 0 Å². The van der Waals surface area contributed by atoms with Crippen molar-refractivity contribution in [3.8, 4) is 0 Å². The summed E-state index contributed by atoms with van der Waals surface area (Å²) in [4.78, 5) is 11.2. The minimum atomic E-state index is -0.492. The van der Waals surface area contributed by atoms with Crippen molar-refractivity contribution >= 4 is 11.8 Å². The highest BCUT2D eigenvalue weighted by Gasteiger charge is 2.01. The van der Waals surface area contributed by atoms with Gasteiger partial charge in [0.15, 0.2) is 0 Å². The van der Waals surface area contributed by atoms with Gasteiger partial charge in [0.2, 0.25) is 0 Å². The Morgan fingerprint density at radius 2 is 2.07 bits per heavy atom. The molecule has 0 unspecified atom stereocenters. The van der Waals surface area contributed by atoms with Crippen LogP contribution < -0.4 is 5.32 Å².